The molecule has 2 rings (SSSR count). The molecule has 0 saturated heterocycles. The number of hydrogen-bond donors (Lipinski definition) is 1. The molecule has 0 aliphatic rings. The molecule has 2 aromatic heterocycles. The third-order valence-corrected chi connectivity index (χ3v) is 3.03. The van der Waals surface area contributed by atoms with Gasteiger partial charge in [-0.25, -0.2) is 9.97 Å². The third kappa shape index (κ3) is 3.74. The van der Waals surface area contributed by atoms with Gasteiger partial charge >= 0.3 is 0 Å². The van der Waals surface area contributed by atoms with Crippen LogP contribution < -0.4 is 0 Å². The summed E-state index contributed by atoms with van der Waals surface area (Å²) in [5.41, 5.74) is 0.944. The van der Waals surface area contributed by atoms with Crippen molar-refractivity contribution in [3.05, 3.63) is 23.4 Å². The predicted octanol–water partition coefficient (Wildman–Crippen LogP) is 0.779. The summed E-state index contributed by atoms with van der Waals surface area (Å²) >= 11 is 1.64. The zero-order chi connectivity index (χ0) is 12.8. The highest BCUT2D eigenvalue weighted by molar-refractivity contribution is 7.99. The largest absolute Gasteiger partial charge is 0.377 e. The minimum absolute atomic E-state index is 0.431. The number of methoxy groups -OCH3 is 1. The number of thioether (sulfide) groups is 1. The van der Waals surface area contributed by atoms with Crippen molar-refractivity contribution in [2.45, 2.75) is 25.0 Å². The van der Waals surface area contributed by atoms with Gasteiger partial charge in [0.1, 0.15) is 11.6 Å². The molecule has 0 bridgehead atoms. The van der Waals surface area contributed by atoms with Gasteiger partial charge in [-0.3, -0.25) is 0 Å². The summed E-state index contributed by atoms with van der Waals surface area (Å²) in [4.78, 5) is 8.70. The van der Waals surface area contributed by atoms with Crippen LogP contribution in [-0.4, -0.2) is 43.5 Å². The van der Waals surface area contributed by atoms with Gasteiger partial charge < -0.3 is 4.74 Å². The fourth-order valence-corrected chi connectivity index (χ4v) is 2.32. The average Bonchev–Trinajstić information content (AvgIpc) is 2.82. The van der Waals surface area contributed by atoms with Crippen LogP contribution in [0.4, 0.5) is 0 Å². The highest BCUT2D eigenvalue weighted by Gasteiger charge is 2.04. The molecule has 0 aliphatic heterocycles. The highest BCUT2D eigenvalue weighted by atomic mass is 32.2. The first-order valence-electron chi connectivity index (χ1n) is 5.46. The van der Waals surface area contributed by atoms with Crippen LogP contribution in [-0.2, 0) is 17.8 Å². The summed E-state index contributed by atoms with van der Waals surface area (Å²) in [5.74, 6) is 2.27. The Morgan fingerprint density at radius 3 is 2.94 bits per heavy atom. The summed E-state index contributed by atoms with van der Waals surface area (Å²) < 4.78 is 5.03. The van der Waals surface area contributed by atoms with Gasteiger partial charge in [-0.05, 0) is 13.0 Å². The zero-order valence-electron chi connectivity index (χ0n) is 10.3. The SMILES string of the molecule is COCc1nc(C)cc(SCCc2nn[nH]n2)n1. The maximum Gasteiger partial charge on any atom is 0.175 e. The predicted molar refractivity (Wildman–Crippen MR) is 66.1 cm³/mol. The van der Waals surface area contributed by atoms with Gasteiger partial charge in [-0.1, -0.05) is 5.21 Å². The quantitative estimate of drug-likeness (QED) is 0.610. The molecule has 0 unspecified atom stereocenters. The number of nitrogens with zero attached hydrogens (tertiary/aromatic N) is 5. The van der Waals surface area contributed by atoms with Crippen molar-refractivity contribution < 1.29 is 4.74 Å². The fraction of sp³-hybridized carbons (Fsp3) is 0.500. The lowest BCUT2D eigenvalue weighted by Gasteiger charge is -2.04. The molecular formula is C10H14N6OS. The van der Waals surface area contributed by atoms with Crippen LogP contribution in [0.25, 0.3) is 0 Å². The Kier molecular flexibility index (Phi) is 4.59. The van der Waals surface area contributed by atoms with E-state index in [1.165, 1.54) is 0 Å². The normalized spacial score (nSPS) is 10.8. The van der Waals surface area contributed by atoms with E-state index in [1.54, 1.807) is 18.9 Å². The Labute approximate surface area is 109 Å². The van der Waals surface area contributed by atoms with E-state index in [-0.39, 0.29) is 0 Å². The molecule has 7 nitrogen and oxygen atoms in total. The Morgan fingerprint density at radius 1 is 1.33 bits per heavy atom. The molecule has 0 aromatic carbocycles. The average molecular weight is 266 g/mol. The lowest BCUT2D eigenvalue weighted by molar-refractivity contribution is 0.177. The Morgan fingerprint density at radius 2 is 2.22 bits per heavy atom. The second kappa shape index (κ2) is 6.41. The monoisotopic (exact) mass is 266 g/mol. The second-order valence-corrected chi connectivity index (χ2v) is 4.74. The summed E-state index contributed by atoms with van der Waals surface area (Å²) in [5, 5.41) is 14.7. The van der Waals surface area contributed by atoms with Crippen molar-refractivity contribution in [3.8, 4) is 0 Å². The first kappa shape index (κ1) is 12.9. The molecule has 2 aromatic rings. The molecule has 0 aliphatic carbocycles. The molecule has 0 atom stereocenters. The number of nitrogens with one attached hydrogen (secondary N) is 1. The van der Waals surface area contributed by atoms with Crippen LogP contribution in [0.15, 0.2) is 11.1 Å². The third-order valence-electron chi connectivity index (χ3n) is 2.12. The van der Waals surface area contributed by atoms with Crippen LogP contribution >= 0.6 is 11.8 Å². The number of tetrazole rings is 1. The molecule has 1 N–H and O–H groups in total. The van der Waals surface area contributed by atoms with Crippen molar-refractivity contribution in [1.29, 1.82) is 0 Å². The van der Waals surface area contributed by atoms with Crippen molar-refractivity contribution in [2.24, 2.45) is 0 Å². The van der Waals surface area contributed by atoms with E-state index in [1.807, 2.05) is 13.0 Å². The van der Waals surface area contributed by atoms with E-state index in [0.29, 0.717) is 18.3 Å². The molecule has 96 valence electrons. The fourth-order valence-electron chi connectivity index (χ4n) is 1.40. The lowest BCUT2D eigenvalue weighted by atomic mass is 10.4. The minimum Gasteiger partial charge on any atom is -0.377 e. The first-order valence-corrected chi connectivity index (χ1v) is 6.45. The van der Waals surface area contributed by atoms with Crippen LogP contribution in [0.1, 0.15) is 17.3 Å². The van der Waals surface area contributed by atoms with Crippen LogP contribution in [0.5, 0.6) is 0 Å². The van der Waals surface area contributed by atoms with Gasteiger partial charge in [-0.2, -0.15) is 5.21 Å². The van der Waals surface area contributed by atoms with Crippen LogP contribution in [0.2, 0.25) is 0 Å². The molecule has 0 spiro atoms. The van der Waals surface area contributed by atoms with Gasteiger partial charge in [0.05, 0.1) is 0 Å². The summed E-state index contributed by atoms with van der Waals surface area (Å²) in [6.07, 6.45) is 0.754. The van der Waals surface area contributed by atoms with Gasteiger partial charge in [0.15, 0.2) is 11.6 Å². The van der Waals surface area contributed by atoms with E-state index in [2.05, 4.69) is 30.6 Å². The maximum absolute atomic E-state index is 5.03. The second-order valence-electron chi connectivity index (χ2n) is 3.62. The summed E-state index contributed by atoms with van der Waals surface area (Å²) in [6, 6.07) is 1.96. The van der Waals surface area contributed by atoms with E-state index in [4.69, 9.17) is 4.74 Å². The Hall–Kier alpha value is -1.54. The number of rotatable bonds is 6. The first-order chi connectivity index (χ1) is 8.78. The standard InChI is InChI=1S/C10H14N6OS/c1-7-5-10(12-9(11-7)6-17-2)18-4-3-8-13-15-16-14-8/h5H,3-4,6H2,1-2H3,(H,13,14,15,16). The van der Waals surface area contributed by atoms with Crippen molar-refractivity contribution >= 4 is 11.8 Å². The van der Waals surface area contributed by atoms with Crippen LogP contribution in [0, 0.1) is 6.92 Å². The number of aromatic nitrogens is 6. The smallest absolute Gasteiger partial charge is 0.175 e. The van der Waals surface area contributed by atoms with E-state index >= 15 is 0 Å². The minimum atomic E-state index is 0.431. The number of H-pyrrole nitrogens is 1. The summed E-state index contributed by atoms with van der Waals surface area (Å²) in [6.45, 7) is 2.38. The van der Waals surface area contributed by atoms with E-state index < -0.39 is 0 Å². The lowest BCUT2D eigenvalue weighted by Crippen LogP contribution is -2.00. The number of hydrogen-bond acceptors (Lipinski definition) is 7. The number of aryl methyl sites for hydroxylation is 2. The van der Waals surface area contributed by atoms with E-state index in [9.17, 15) is 0 Å². The molecule has 0 fully saturated rings. The van der Waals surface area contributed by atoms with Crippen molar-refractivity contribution in [2.75, 3.05) is 12.9 Å². The maximum atomic E-state index is 5.03. The molecule has 0 amide bonds. The van der Waals surface area contributed by atoms with Crippen molar-refractivity contribution in [1.82, 2.24) is 30.6 Å². The van der Waals surface area contributed by atoms with Gasteiger partial charge in [-0.15, -0.1) is 22.0 Å². The number of aromatic amines is 1. The molecule has 0 saturated carbocycles. The molecule has 2 heterocycles. The molecule has 18 heavy (non-hydrogen) atoms. The molecule has 0 radical (unpaired) electrons. The summed E-state index contributed by atoms with van der Waals surface area (Å²) in [7, 11) is 1.63. The Balaban J connectivity index is 1.92. The van der Waals surface area contributed by atoms with Gasteiger partial charge in [0, 0.05) is 25.0 Å². The van der Waals surface area contributed by atoms with Gasteiger partial charge in [0.2, 0.25) is 0 Å². The molecule has 8 heteroatoms. The zero-order valence-corrected chi connectivity index (χ0v) is 11.1. The Bertz CT molecular complexity index is 489. The van der Waals surface area contributed by atoms with Gasteiger partial charge in [0.25, 0.3) is 0 Å². The number of ether oxygens (including phenoxy) is 1. The molecular weight excluding hydrogens is 252 g/mol. The van der Waals surface area contributed by atoms with Crippen LogP contribution in [0.3, 0.4) is 0 Å². The topological polar surface area (TPSA) is 89.5 Å². The van der Waals surface area contributed by atoms with Crippen molar-refractivity contribution in [3.63, 3.8) is 0 Å². The highest BCUT2D eigenvalue weighted by Crippen LogP contribution is 2.17. The van der Waals surface area contributed by atoms with E-state index in [0.717, 1.165) is 22.9 Å².